The first-order valence-electron chi connectivity index (χ1n) is 5.33. The summed E-state index contributed by atoms with van der Waals surface area (Å²) in [5.41, 5.74) is 5.36. The van der Waals surface area contributed by atoms with Crippen LogP contribution in [0.1, 0.15) is 19.8 Å². The van der Waals surface area contributed by atoms with Crippen LogP contribution in [-0.4, -0.2) is 50.1 Å². The minimum absolute atomic E-state index is 0.0553. The number of hydrogen-bond acceptors (Lipinski definition) is 3. The molecule has 0 spiro atoms. The van der Waals surface area contributed by atoms with Gasteiger partial charge in [0.1, 0.15) is 0 Å². The third kappa shape index (κ3) is 5.97. The van der Waals surface area contributed by atoms with Crippen molar-refractivity contribution >= 4 is 5.91 Å². The van der Waals surface area contributed by atoms with Crippen LogP contribution in [0.15, 0.2) is 0 Å². The Hall–Kier alpha value is -0.750. The number of nitrogens with two attached hydrogens (primary N) is 1. The summed E-state index contributed by atoms with van der Waals surface area (Å²) in [7, 11) is 1.45. The molecule has 96 valence electrons. The van der Waals surface area contributed by atoms with E-state index in [2.05, 4.69) is 0 Å². The molecule has 1 amide bonds. The number of halogens is 2. The van der Waals surface area contributed by atoms with Crippen LogP contribution in [0.25, 0.3) is 0 Å². The van der Waals surface area contributed by atoms with Crippen molar-refractivity contribution in [1.29, 1.82) is 0 Å². The molecule has 0 aromatic heterocycles. The van der Waals surface area contributed by atoms with E-state index < -0.39 is 19.1 Å². The normalized spacial score (nSPS) is 12.9. The van der Waals surface area contributed by atoms with Crippen LogP contribution in [0, 0.1) is 0 Å². The van der Waals surface area contributed by atoms with E-state index >= 15 is 0 Å². The van der Waals surface area contributed by atoms with Gasteiger partial charge in [-0.1, -0.05) is 6.92 Å². The molecular formula is C10H20F2N2O2. The molecule has 0 saturated carbocycles. The molecule has 4 nitrogen and oxygen atoms in total. The number of carbonyl (C=O) groups is 1. The third-order valence-corrected chi connectivity index (χ3v) is 2.20. The molecular weight excluding hydrogens is 218 g/mol. The maximum Gasteiger partial charge on any atom is 0.255 e. The molecule has 0 aliphatic carbocycles. The summed E-state index contributed by atoms with van der Waals surface area (Å²) in [5.74, 6) is -0.334. The highest BCUT2D eigenvalue weighted by Gasteiger charge is 2.20. The number of rotatable bonds is 8. The van der Waals surface area contributed by atoms with Crippen LogP contribution in [0.4, 0.5) is 8.78 Å². The summed E-state index contributed by atoms with van der Waals surface area (Å²) in [6.07, 6.45) is -2.20. The molecule has 0 aromatic rings. The van der Waals surface area contributed by atoms with Gasteiger partial charge in [0.25, 0.3) is 6.43 Å². The van der Waals surface area contributed by atoms with Gasteiger partial charge in [-0.25, -0.2) is 8.78 Å². The van der Waals surface area contributed by atoms with Gasteiger partial charge in [0.05, 0.1) is 19.1 Å². The smallest absolute Gasteiger partial charge is 0.255 e. The Bertz CT molecular complexity index is 199. The van der Waals surface area contributed by atoms with Crippen LogP contribution >= 0.6 is 0 Å². The predicted molar refractivity (Wildman–Crippen MR) is 57.3 cm³/mol. The van der Waals surface area contributed by atoms with E-state index in [0.717, 1.165) is 4.90 Å². The van der Waals surface area contributed by atoms with Crippen LogP contribution in [0.3, 0.4) is 0 Å². The van der Waals surface area contributed by atoms with E-state index in [9.17, 15) is 13.6 Å². The Kier molecular flexibility index (Phi) is 8.01. The fourth-order valence-electron chi connectivity index (χ4n) is 1.34. The number of amides is 1. The van der Waals surface area contributed by atoms with Crippen molar-refractivity contribution in [3.05, 3.63) is 0 Å². The summed E-state index contributed by atoms with van der Waals surface area (Å²) in [6.45, 7) is 1.86. The zero-order chi connectivity index (χ0) is 12.6. The van der Waals surface area contributed by atoms with E-state index in [1.807, 2.05) is 6.92 Å². The minimum atomic E-state index is -2.51. The Balaban J connectivity index is 4.25. The highest BCUT2D eigenvalue weighted by atomic mass is 19.3. The Labute approximate surface area is 94.7 Å². The van der Waals surface area contributed by atoms with Gasteiger partial charge in [0, 0.05) is 20.2 Å². The number of ether oxygens (including phenoxy) is 1. The molecule has 0 rings (SSSR count). The maximum absolute atomic E-state index is 12.2. The lowest BCUT2D eigenvalue weighted by Crippen LogP contribution is -2.39. The van der Waals surface area contributed by atoms with Gasteiger partial charge in [-0.05, 0) is 6.42 Å². The van der Waals surface area contributed by atoms with Crippen LogP contribution < -0.4 is 5.73 Å². The Morgan fingerprint density at radius 2 is 2.12 bits per heavy atom. The highest BCUT2D eigenvalue weighted by molar-refractivity contribution is 5.76. The number of methoxy groups -OCH3 is 1. The fourth-order valence-corrected chi connectivity index (χ4v) is 1.34. The first-order chi connectivity index (χ1) is 7.54. The minimum Gasteiger partial charge on any atom is -0.380 e. The van der Waals surface area contributed by atoms with Crippen LogP contribution in [0.5, 0.6) is 0 Å². The van der Waals surface area contributed by atoms with Crippen LogP contribution in [-0.2, 0) is 9.53 Å². The van der Waals surface area contributed by atoms with Crippen molar-refractivity contribution in [2.45, 2.75) is 32.3 Å². The average molecular weight is 238 g/mol. The Morgan fingerprint density at radius 3 is 2.50 bits per heavy atom. The van der Waals surface area contributed by atoms with Gasteiger partial charge in [-0.2, -0.15) is 0 Å². The summed E-state index contributed by atoms with van der Waals surface area (Å²) in [4.78, 5) is 12.8. The number of nitrogens with zero attached hydrogens (tertiary/aromatic N) is 1. The molecule has 0 aliphatic rings. The van der Waals surface area contributed by atoms with Gasteiger partial charge >= 0.3 is 0 Å². The number of carbonyl (C=O) groups excluding carboxylic acids is 1. The second-order valence-electron chi connectivity index (χ2n) is 3.53. The van der Waals surface area contributed by atoms with Crippen molar-refractivity contribution in [2.75, 3.05) is 26.7 Å². The quantitative estimate of drug-likeness (QED) is 0.682. The lowest BCUT2D eigenvalue weighted by molar-refractivity contribution is -0.135. The largest absolute Gasteiger partial charge is 0.380 e. The standard InChI is InChI=1S/C10H20F2N2O2/c1-3-4-14(7-9(11)12)10(15)5-8(6-13)16-2/h8-9H,3-7,13H2,1-2H3. The molecule has 0 aromatic carbocycles. The first kappa shape index (κ1) is 15.2. The molecule has 1 atom stereocenters. The highest BCUT2D eigenvalue weighted by Crippen LogP contribution is 2.05. The summed E-state index contributed by atoms with van der Waals surface area (Å²) < 4.78 is 29.4. The van der Waals surface area contributed by atoms with Crippen molar-refractivity contribution in [1.82, 2.24) is 4.90 Å². The fraction of sp³-hybridized carbons (Fsp3) is 0.900. The average Bonchev–Trinajstić information content (AvgIpc) is 2.24. The lowest BCUT2D eigenvalue weighted by Gasteiger charge is -2.23. The van der Waals surface area contributed by atoms with Gasteiger partial charge in [-0.15, -0.1) is 0 Å². The topological polar surface area (TPSA) is 55.6 Å². The maximum atomic E-state index is 12.2. The zero-order valence-corrected chi connectivity index (χ0v) is 9.79. The summed E-state index contributed by atoms with van der Waals surface area (Å²) >= 11 is 0. The summed E-state index contributed by atoms with van der Waals surface area (Å²) in [5, 5.41) is 0. The predicted octanol–water partition coefficient (Wildman–Crippen LogP) is 0.854. The molecule has 2 N–H and O–H groups in total. The molecule has 6 heteroatoms. The molecule has 1 unspecified atom stereocenters. The SMILES string of the molecule is CCCN(CC(F)F)C(=O)CC(CN)OC. The van der Waals surface area contributed by atoms with Crippen molar-refractivity contribution in [3.8, 4) is 0 Å². The van der Waals surface area contributed by atoms with E-state index in [1.165, 1.54) is 7.11 Å². The van der Waals surface area contributed by atoms with Crippen molar-refractivity contribution < 1.29 is 18.3 Å². The number of hydrogen-bond donors (Lipinski definition) is 1. The van der Waals surface area contributed by atoms with E-state index in [-0.39, 0.29) is 18.9 Å². The second-order valence-corrected chi connectivity index (χ2v) is 3.53. The van der Waals surface area contributed by atoms with Gasteiger partial charge in [0.2, 0.25) is 5.91 Å². The van der Waals surface area contributed by atoms with E-state index in [0.29, 0.717) is 13.0 Å². The number of alkyl halides is 2. The summed E-state index contributed by atoms with van der Waals surface area (Å²) in [6, 6.07) is 0. The second kappa shape index (κ2) is 8.41. The molecule has 0 heterocycles. The van der Waals surface area contributed by atoms with Gasteiger partial charge in [0.15, 0.2) is 0 Å². The van der Waals surface area contributed by atoms with Gasteiger partial charge < -0.3 is 15.4 Å². The molecule has 0 radical (unpaired) electrons. The van der Waals surface area contributed by atoms with Crippen molar-refractivity contribution in [3.63, 3.8) is 0 Å². The lowest BCUT2D eigenvalue weighted by atomic mass is 10.2. The molecule has 16 heavy (non-hydrogen) atoms. The van der Waals surface area contributed by atoms with Gasteiger partial charge in [-0.3, -0.25) is 4.79 Å². The molecule has 0 saturated heterocycles. The van der Waals surface area contributed by atoms with E-state index in [4.69, 9.17) is 10.5 Å². The van der Waals surface area contributed by atoms with Crippen LogP contribution in [0.2, 0.25) is 0 Å². The first-order valence-corrected chi connectivity index (χ1v) is 5.33. The zero-order valence-electron chi connectivity index (χ0n) is 9.79. The third-order valence-electron chi connectivity index (χ3n) is 2.20. The van der Waals surface area contributed by atoms with E-state index in [1.54, 1.807) is 0 Å². The Morgan fingerprint density at radius 1 is 1.50 bits per heavy atom. The van der Waals surface area contributed by atoms with Crippen molar-refractivity contribution in [2.24, 2.45) is 5.73 Å². The molecule has 0 fully saturated rings. The molecule has 0 aliphatic heterocycles. The monoisotopic (exact) mass is 238 g/mol. The molecule has 0 bridgehead atoms.